The molecule has 184 valence electrons. The smallest absolute Gasteiger partial charge is 0.410 e. The number of pyridine rings is 1. The molecule has 0 radical (unpaired) electrons. The normalized spacial score (nSPS) is 19.9. The van der Waals surface area contributed by atoms with Gasteiger partial charge in [-0.25, -0.2) is 18.2 Å². The van der Waals surface area contributed by atoms with Gasteiger partial charge in [0.25, 0.3) is 0 Å². The molecule has 1 amide bonds. The van der Waals surface area contributed by atoms with Gasteiger partial charge in [-0.2, -0.15) is 4.31 Å². The number of carbonyl (C=O) groups excluding carboxylic acids is 1. The lowest BCUT2D eigenvalue weighted by molar-refractivity contribution is 0.0240. The number of hydrogen-bond acceptors (Lipinski definition) is 6. The summed E-state index contributed by atoms with van der Waals surface area (Å²) >= 11 is 0. The van der Waals surface area contributed by atoms with Crippen molar-refractivity contribution in [2.24, 2.45) is 0 Å². The highest BCUT2D eigenvalue weighted by molar-refractivity contribution is 7.89. The number of sulfonamides is 1. The molecule has 0 bridgehead atoms. The minimum absolute atomic E-state index is 0.265. The zero-order valence-corrected chi connectivity index (χ0v) is 21.2. The van der Waals surface area contributed by atoms with Crippen molar-refractivity contribution in [3.8, 4) is 0 Å². The Bertz CT molecular complexity index is 1120. The SMILES string of the molecule is Cc1ccc(S(=O)(=O)N2CCCC2c2cccnc2N2CCN(C(=O)OC(C)(C)C)CC2)cc1. The first-order valence-electron chi connectivity index (χ1n) is 11.8. The summed E-state index contributed by atoms with van der Waals surface area (Å²) in [6.07, 6.45) is 2.99. The van der Waals surface area contributed by atoms with E-state index in [9.17, 15) is 13.2 Å². The van der Waals surface area contributed by atoms with Crippen LogP contribution in [-0.4, -0.2) is 67.0 Å². The quantitative estimate of drug-likeness (QED) is 0.650. The van der Waals surface area contributed by atoms with Crippen LogP contribution in [0.1, 0.15) is 50.8 Å². The van der Waals surface area contributed by atoms with Gasteiger partial charge >= 0.3 is 6.09 Å². The van der Waals surface area contributed by atoms with E-state index in [4.69, 9.17) is 4.74 Å². The first-order chi connectivity index (χ1) is 16.1. The Hall–Kier alpha value is -2.65. The monoisotopic (exact) mass is 486 g/mol. The van der Waals surface area contributed by atoms with E-state index in [2.05, 4.69) is 9.88 Å². The molecule has 3 heterocycles. The first-order valence-corrected chi connectivity index (χ1v) is 13.3. The number of anilines is 1. The maximum atomic E-state index is 13.5. The number of hydrogen-bond donors (Lipinski definition) is 0. The van der Waals surface area contributed by atoms with Crippen molar-refractivity contribution in [2.75, 3.05) is 37.6 Å². The number of aryl methyl sites for hydroxylation is 1. The predicted octanol–water partition coefficient (Wildman–Crippen LogP) is 3.97. The van der Waals surface area contributed by atoms with Crippen molar-refractivity contribution in [2.45, 2.75) is 57.1 Å². The van der Waals surface area contributed by atoms with E-state index < -0.39 is 15.6 Å². The van der Waals surface area contributed by atoms with Crippen molar-refractivity contribution < 1.29 is 17.9 Å². The second-order valence-electron chi connectivity index (χ2n) is 9.96. The summed E-state index contributed by atoms with van der Waals surface area (Å²) in [5, 5.41) is 0. The third-order valence-electron chi connectivity index (χ3n) is 6.24. The fraction of sp³-hybridized carbons (Fsp3) is 0.520. The highest BCUT2D eigenvalue weighted by Gasteiger charge is 2.38. The van der Waals surface area contributed by atoms with Crippen LogP contribution >= 0.6 is 0 Å². The van der Waals surface area contributed by atoms with Crippen LogP contribution in [0.25, 0.3) is 0 Å². The molecule has 0 spiro atoms. The zero-order valence-electron chi connectivity index (χ0n) is 20.4. The molecule has 1 aromatic carbocycles. The topological polar surface area (TPSA) is 83.1 Å². The van der Waals surface area contributed by atoms with Crippen molar-refractivity contribution in [1.29, 1.82) is 0 Å². The van der Waals surface area contributed by atoms with Gasteiger partial charge in [0.15, 0.2) is 0 Å². The average molecular weight is 487 g/mol. The minimum Gasteiger partial charge on any atom is -0.444 e. The minimum atomic E-state index is -3.62. The summed E-state index contributed by atoms with van der Waals surface area (Å²) in [4.78, 5) is 21.3. The van der Waals surface area contributed by atoms with E-state index in [1.165, 1.54) is 0 Å². The van der Waals surface area contributed by atoms with Crippen LogP contribution in [0.5, 0.6) is 0 Å². The lowest BCUT2D eigenvalue weighted by Gasteiger charge is -2.37. The molecule has 2 aromatic rings. The second kappa shape index (κ2) is 9.54. The van der Waals surface area contributed by atoms with Gasteiger partial charge in [-0.15, -0.1) is 0 Å². The van der Waals surface area contributed by atoms with Crippen molar-refractivity contribution >= 4 is 21.9 Å². The Balaban J connectivity index is 1.53. The lowest BCUT2D eigenvalue weighted by Crippen LogP contribution is -2.50. The Kier molecular flexibility index (Phi) is 6.87. The van der Waals surface area contributed by atoms with E-state index in [1.807, 2.05) is 52.0 Å². The van der Waals surface area contributed by atoms with Crippen molar-refractivity contribution in [3.05, 3.63) is 53.7 Å². The molecule has 1 atom stereocenters. The number of carbonyl (C=O) groups is 1. The molecule has 34 heavy (non-hydrogen) atoms. The third kappa shape index (κ3) is 5.20. The van der Waals surface area contributed by atoms with Gasteiger partial charge in [-0.3, -0.25) is 0 Å². The molecule has 2 fully saturated rings. The van der Waals surface area contributed by atoms with Gasteiger partial charge in [0.2, 0.25) is 10.0 Å². The number of benzene rings is 1. The standard InChI is InChI=1S/C25H34N4O4S/c1-19-9-11-20(12-10-19)34(31,32)29-14-6-8-22(29)21-7-5-13-26-23(21)27-15-17-28(18-16-27)24(30)33-25(2,3)4/h5,7,9-13,22H,6,8,14-18H2,1-4H3. The Morgan fingerprint density at radius 3 is 2.35 bits per heavy atom. The molecule has 4 rings (SSSR count). The van der Waals surface area contributed by atoms with Gasteiger partial charge in [-0.1, -0.05) is 23.8 Å². The number of nitrogens with zero attached hydrogens (tertiary/aromatic N) is 4. The molecular weight excluding hydrogens is 452 g/mol. The maximum Gasteiger partial charge on any atom is 0.410 e. The summed E-state index contributed by atoms with van der Waals surface area (Å²) in [6, 6.07) is 10.6. The molecule has 8 nitrogen and oxygen atoms in total. The number of ether oxygens (including phenoxy) is 1. The van der Waals surface area contributed by atoms with Crippen LogP contribution in [-0.2, 0) is 14.8 Å². The molecule has 2 aliphatic heterocycles. The Morgan fingerprint density at radius 2 is 1.71 bits per heavy atom. The number of rotatable bonds is 4. The molecule has 2 saturated heterocycles. The van der Waals surface area contributed by atoms with Crippen LogP contribution < -0.4 is 4.90 Å². The lowest BCUT2D eigenvalue weighted by atomic mass is 10.1. The summed E-state index contributed by atoms with van der Waals surface area (Å²) in [7, 11) is -3.62. The Morgan fingerprint density at radius 1 is 1.03 bits per heavy atom. The predicted molar refractivity (Wildman–Crippen MR) is 131 cm³/mol. The fourth-order valence-electron chi connectivity index (χ4n) is 4.55. The summed E-state index contributed by atoms with van der Waals surface area (Å²) in [5.41, 5.74) is 1.41. The average Bonchev–Trinajstić information content (AvgIpc) is 3.29. The second-order valence-corrected chi connectivity index (χ2v) is 11.8. The van der Waals surface area contributed by atoms with Crippen LogP contribution in [0.4, 0.5) is 10.6 Å². The van der Waals surface area contributed by atoms with Crippen LogP contribution in [0, 0.1) is 6.92 Å². The first kappa shape index (κ1) is 24.5. The van der Waals surface area contributed by atoms with Gasteiger partial charge in [-0.05, 0) is 58.7 Å². The number of piperazine rings is 1. The van der Waals surface area contributed by atoms with Crippen LogP contribution in [0.3, 0.4) is 0 Å². The van der Waals surface area contributed by atoms with Crippen LogP contribution in [0.15, 0.2) is 47.5 Å². The Labute approximate surface area is 202 Å². The fourth-order valence-corrected chi connectivity index (χ4v) is 6.22. The number of aromatic nitrogens is 1. The molecule has 2 aliphatic rings. The number of amides is 1. The molecular formula is C25H34N4O4S. The van der Waals surface area contributed by atoms with Gasteiger partial charge in [0.05, 0.1) is 10.9 Å². The molecule has 0 N–H and O–H groups in total. The zero-order chi connectivity index (χ0) is 24.5. The van der Waals surface area contributed by atoms with Gasteiger partial charge in [0.1, 0.15) is 11.4 Å². The third-order valence-corrected chi connectivity index (χ3v) is 8.16. The largest absolute Gasteiger partial charge is 0.444 e. The molecule has 0 saturated carbocycles. The van der Waals surface area contributed by atoms with E-state index >= 15 is 0 Å². The van der Waals surface area contributed by atoms with Gasteiger partial charge < -0.3 is 14.5 Å². The van der Waals surface area contributed by atoms with Gasteiger partial charge in [0, 0.05) is 44.5 Å². The van der Waals surface area contributed by atoms with Crippen LogP contribution in [0.2, 0.25) is 0 Å². The molecule has 0 aliphatic carbocycles. The molecule has 9 heteroatoms. The van der Waals surface area contributed by atoms with E-state index in [-0.39, 0.29) is 12.1 Å². The maximum absolute atomic E-state index is 13.5. The summed E-state index contributed by atoms with van der Waals surface area (Å²) in [5.74, 6) is 0.794. The van der Waals surface area contributed by atoms with Crippen molar-refractivity contribution in [1.82, 2.24) is 14.2 Å². The molecule has 1 aromatic heterocycles. The summed E-state index contributed by atoms with van der Waals surface area (Å²) < 4.78 is 34.1. The van der Waals surface area contributed by atoms with Crippen molar-refractivity contribution in [3.63, 3.8) is 0 Å². The highest BCUT2D eigenvalue weighted by Crippen LogP contribution is 2.40. The van der Waals surface area contributed by atoms with E-state index in [0.29, 0.717) is 37.6 Å². The van der Waals surface area contributed by atoms with E-state index in [1.54, 1.807) is 27.5 Å². The molecule has 1 unspecified atom stereocenters. The highest BCUT2D eigenvalue weighted by atomic mass is 32.2. The van der Waals surface area contributed by atoms with E-state index in [0.717, 1.165) is 29.8 Å². The summed E-state index contributed by atoms with van der Waals surface area (Å²) in [6.45, 7) is 10.3.